The quantitative estimate of drug-likeness (QED) is 0.516. The summed E-state index contributed by atoms with van der Waals surface area (Å²) < 4.78 is 5.62. The van der Waals surface area contributed by atoms with Gasteiger partial charge in [-0.15, -0.1) is 0 Å². The third-order valence-electron chi connectivity index (χ3n) is 3.64. The van der Waals surface area contributed by atoms with Crippen LogP contribution in [-0.4, -0.2) is 57.0 Å². The van der Waals surface area contributed by atoms with Crippen LogP contribution in [0.4, 0.5) is 0 Å². The van der Waals surface area contributed by atoms with E-state index in [-0.39, 0.29) is 12.5 Å². The highest BCUT2D eigenvalue weighted by atomic mass is 16.6. The van der Waals surface area contributed by atoms with Gasteiger partial charge in [-0.25, -0.2) is 0 Å². The summed E-state index contributed by atoms with van der Waals surface area (Å²) in [7, 11) is 0. The minimum Gasteiger partial charge on any atom is -0.394 e. The maximum Gasteiger partial charge on any atom is 0.112 e. The first kappa shape index (κ1) is 13.9. The van der Waals surface area contributed by atoms with E-state index in [1.807, 2.05) is 20.8 Å². The zero-order valence-corrected chi connectivity index (χ0v) is 10.00. The van der Waals surface area contributed by atoms with Gasteiger partial charge >= 0.3 is 0 Å². The van der Waals surface area contributed by atoms with Gasteiger partial charge in [-0.05, 0) is 12.3 Å². The number of rotatable bonds is 3. The highest BCUT2D eigenvalue weighted by molar-refractivity contribution is 5.02. The van der Waals surface area contributed by atoms with Crippen LogP contribution in [0.15, 0.2) is 0 Å². The molecule has 0 spiro atoms. The predicted molar refractivity (Wildman–Crippen MR) is 57.8 cm³/mol. The number of ether oxygens (including phenoxy) is 1. The molecule has 1 aliphatic rings. The molecule has 1 aliphatic heterocycles. The van der Waals surface area contributed by atoms with E-state index in [4.69, 9.17) is 9.84 Å². The van der Waals surface area contributed by atoms with Crippen molar-refractivity contribution in [2.75, 3.05) is 6.61 Å². The molecular weight excluding hydrogens is 212 g/mol. The van der Waals surface area contributed by atoms with Crippen molar-refractivity contribution in [3.8, 4) is 0 Å². The summed E-state index contributed by atoms with van der Waals surface area (Å²) in [5, 5.41) is 38.5. The number of hydrogen-bond donors (Lipinski definition) is 4. The molecule has 0 aromatic heterocycles. The lowest BCUT2D eigenvalue weighted by molar-refractivity contribution is -0.287. The molecule has 0 bridgehead atoms. The number of aliphatic hydroxyl groups is 4. The largest absolute Gasteiger partial charge is 0.394 e. The lowest BCUT2D eigenvalue weighted by Crippen LogP contribution is -2.66. The van der Waals surface area contributed by atoms with Crippen molar-refractivity contribution < 1.29 is 25.2 Å². The molecule has 5 atom stereocenters. The van der Waals surface area contributed by atoms with Crippen LogP contribution in [0.3, 0.4) is 0 Å². The third kappa shape index (κ3) is 1.98. The van der Waals surface area contributed by atoms with Crippen molar-refractivity contribution in [3.05, 3.63) is 0 Å². The van der Waals surface area contributed by atoms with Crippen LogP contribution < -0.4 is 0 Å². The van der Waals surface area contributed by atoms with E-state index < -0.39 is 30.0 Å². The molecule has 0 aromatic rings. The Labute approximate surface area is 95.7 Å². The SMILES string of the molecule is CCC1(C(C)C)OC(CO)C(O)C(O)C1O. The van der Waals surface area contributed by atoms with Crippen LogP contribution in [-0.2, 0) is 4.74 Å². The summed E-state index contributed by atoms with van der Waals surface area (Å²) in [5.74, 6) is -0.0244. The molecule has 0 radical (unpaired) electrons. The van der Waals surface area contributed by atoms with Crippen molar-refractivity contribution in [2.45, 2.75) is 57.2 Å². The summed E-state index contributed by atoms with van der Waals surface area (Å²) in [4.78, 5) is 0. The lowest BCUT2D eigenvalue weighted by atomic mass is 9.76. The average Bonchev–Trinajstić information content (AvgIpc) is 2.27. The van der Waals surface area contributed by atoms with Crippen molar-refractivity contribution >= 4 is 0 Å². The van der Waals surface area contributed by atoms with Gasteiger partial charge in [-0.1, -0.05) is 20.8 Å². The standard InChI is InChI=1S/C11H22O5/c1-4-11(6(2)3)10(15)9(14)8(13)7(5-12)16-11/h6-10,12-15H,4-5H2,1-3H3. The van der Waals surface area contributed by atoms with Crippen molar-refractivity contribution in [1.82, 2.24) is 0 Å². The zero-order chi connectivity index (χ0) is 12.5. The van der Waals surface area contributed by atoms with Gasteiger partial charge in [0.2, 0.25) is 0 Å². The molecule has 1 heterocycles. The molecule has 5 heteroatoms. The lowest BCUT2D eigenvalue weighted by Gasteiger charge is -2.50. The Bertz CT molecular complexity index is 230. The summed E-state index contributed by atoms with van der Waals surface area (Å²) in [6, 6.07) is 0. The van der Waals surface area contributed by atoms with Crippen molar-refractivity contribution in [1.29, 1.82) is 0 Å². The average molecular weight is 234 g/mol. The van der Waals surface area contributed by atoms with Crippen molar-refractivity contribution in [2.24, 2.45) is 5.92 Å². The highest BCUT2D eigenvalue weighted by Gasteiger charge is 2.53. The maximum atomic E-state index is 10.0. The monoisotopic (exact) mass is 234 g/mol. The molecule has 0 amide bonds. The second kappa shape index (κ2) is 4.98. The van der Waals surface area contributed by atoms with E-state index in [0.717, 1.165) is 0 Å². The Kier molecular flexibility index (Phi) is 4.31. The Morgan fingerprint density at radius 2 is 1.75 bits per heavy atom. The Balaban J connectivity index is 3.01. The maximum absolute atomic E-state index is 10.0. The summed E-state index contributed by atoms with van der Waals surface area (Å²) in [6.07, 6.45) is -4.02. The first-order valence-corrected chi connectivity index (χ1v) is 5.73. The van der Waals surface area contributed by atoms with Gasteiger partial charge in [-0.3, -0.25) is 0 Å². The molecule has 16 heavy (non-hydrogen) atoms. The van der Waals surface area contributed by atoms with Gasteiger partial charge in [0, 0.05) is 0 Å². The van der Waals surface area contributed by atoms with E-state index >= 15 is 0 Å². The molecule has 5 unspecified atom stereocenters. The zero-order valence-electron chi connectivity index (χ0n) is 10.00. The molecule has 0 aromatic carbocycles. The van der Waals surface area contributed by atoms with Crippen LogP contribution >= 0.6 is 0 Å². The Morgan fingerprint density at radius 1 is 1.19 bits per heavy atom. The predicted octanol–water partition coefficient (Wildman–Crippen LogP) is -0.735. The normalized spacial score (nSPS) is 45.0. The molecule has 0 saturated carbocycles. The van der Waals surface area contributed by atoms with Crippen LogP contribution in [0, 0.1) is 5.92 Å². The van der Waals surface area contributed by atoms with Gasteiger partial charge in [0.05, 0.1) is 12.2 Å². The van der Waals surface area contributed by atoms with E-state index in [1.54, 1.807) is 0 Å². The molecule has 5 nitrogen and oxygen atoms in total. The molecule has 96 valence electrons. The third-order valence-corrected chi connectivity index (χ3v) is 3.64. The molecule has 1 saturated heterocycles. The first-order chi connectivity index (χ1) is 7.40. The van der Waals surface area contributed by atoms with Crippen LogP contribution in [0.25, 0.3) is 0 Å². The molecule has 1 fully saturated rings. The fourth-order valence-electron chi connectivity index (χ4n) is 2.44. The minimum atomic E-state index is -1.28. The van der Waals surface area contributed by atoms with Crippen LogP contribution in [0.5, 0.6) is 0 Å². The molecular formula is C11H22O5. The van der Waals surface area contributed by atoms with Gasteiger partial charge in [0.1, 0.15) is 24.4 Å². The highest BCUT2D eigenvalue weighted by Crippen LogP contribution is 2.38. The molecule has 0 aliphatic carbocycles. The Hall–Kier alpha value is -0.200. The van der Waals surface area contributed by atoms with Gasteiger partial charge in [-0.2, -0.15) is 0 Å². The Morgan fingerprint density at radius 3 is 2.12 bits per heavy atom. The van der Waals surface area contributed by atoms with Crippen LogP contribution in [0.1, 0.15) is 27.2 Å². The molecule has 1 rings (SSSR count). The van der Waals surface area contributed by atoms with E-state index in [1.165, 1.54) is 0 Å². The topological polar surface area (TPSA) is 90.2 Å². The fourth-order valence-corrected chi connectivity index (χ4v) is 2.44. The molecule has 4 N–H and O–H groups in total. The first-order valence-electron chi connectivity index (χ1n) is 5.73. The summed E-state index contributed by atoms with van der Waals surface area (Å²) in [6.45, 7) is 5.23. The van der Waals surface area contributed by atoms with Gasteiger partial charge in [0.25, 0.3) is 0 Å². The number of aliphatic hydroxyl groups excluding tert-OH is 4. The van der Waals surface area contributed by atoms with E-state index in [0.29, 0.717) is 6.42 Å². The summed E-state index contributed by atoms with van der Waals surface area (Å²) >= 11 is 0. The van der Waals surface area contributed by atoms with Crippen LogP contribution in [0.2, 0.25) is 0 Å². The van der Waals surface area contributed by atoms with E-state index in [9.17, 15) is 15.3 Å². The smallest absolute Gasteiger partial charge is 0.112 e. The van der Waals surface area contributed by atoms with E-state index in [2.05, 4.69) is 0 Å². The summed E-state index contributed by atoms with van der Waals surface area (Å²) in [5.41, 5.74) is -0.911. The van der Waals surface area contributed by atoms with Crippen molar-refractivity contribution in [3.63, 3.8) is 0 Å². The second-order valence-electron chi connectivity index (χ2n) is 4.73. The minimum absolute atomic E-state index is 0.0244. The second-order valence-corrected chi connectivity index (χ2v) is 4.73. The van der Waals surface area contributed by atoms with Gasteiger partial charge in [0.15, 0.2) is 0 Å². The fraction of sp³-hybridized carbons (Fsp3) is 1.00. The van der Waals surface area contributed by atoms with Gasteiger partial charge < -0.3 is 25.2 Å². The number of hydrogen-bond acceptors (Lipinski definition) is 5.